The van der Waals surface area contributed by atoms with Crippen LogP contribution in [0.1, 0.15) is 52.1 Å². The molecule has 1 N–H and O–H groups in total. The molecule has 0 fully saturated rings. The minimum Gasteiger partial charge on any atom is -0.493 e. The number of halogens is 1. The van der Waals surface area contributed by atoms with Gasteiger partial charge in [0.05, 0.1) is 6.61 Å². The first-order valence-electron chi connectivity index (χ1n) is 7.20. The molecule has 2 nitrogen and oxygen atoms in total. The summed E-state index contributed by atoms with van der Waals surface area (Å²) in [5.74, 6) is 1.27. The zero-order valence-corrected chi connectivity index (χ0v) is 12.5. The van der Waals surface area contributed by atoms with Crippen molar-refractivity contribution in [3.8, 4) is 5.75 Å². The minimum atomic E-state index is -0.214. The van der Waals surface area contributed by atoms with Gasteiger partial charge in [-0.25, -0.2) is 4.39 Å². The summed E-state index contributed by atoms with van der Waals surface area (Å²) in [6.07, 6.45) is 2.18. The van der Waals surface area contributed by atoms with Crippen molar-refractivity contribution in [3.63, 3.8) is 0 Å². The average Bonchev–Trinajstić information content (AvgIpc) is 2.36. The summed E-state index contributed by atoms with van der Waals surface area (Å²) in [4.78, 5) is 0. The molecule has 0 aliphatic heterocycles. The van der Waals surface area contributed by atoms with Gasteiger partial charge >= 0.3 is 0 Å². The van der Waals surface area contributed by atoms with E-state index in [1.807, 2.05) is 13.8 Å². The lowest BCUT2D eigenvalue weighted by molar-refractivity contribution is 0.292. The van der Waals surface area contributed by atoms with Crippen molar-refractivity contribution in [3.05, 3.63) is 29.6 Å². The summed E-state index contributed by atoms with van der Waals surface area (Å²) >= 11 is 0. The maximum atomic E-state index is 13.4. The fourth-order valence-corrected chi connectivity index (χ4v) is 2.08. The highest BCUT2D eigenvalue weighted by molar-refractivity contribution is 5.36. The van der Waals surface area contributed by atoms with Crippen molar-refractivity contribution in [1.82, 2.24) is 5.32 Å². The van der Waals surface area contributed by atoms with Crippen LogP contribution >= 0.6 is 0 Å². The lowest BCUT2D eigenvalue weighted by atomic mass is 10.1. The molecule has 0 bridgehead atoms. The summed E-state index contributed by atoms with van der Waals surface area (Å²) in [5, 5.41) is 3.29. The summed E-state index contributed by atoms with van der Waals surface area (Å²) in [5.41, 5.74) is 0.895. The molecule has 0 aliphatic carbocycles. The molecular formula is C16H26FNO. The maximum Gasteiger partial charge on any atom is 0.124 e. The molecule has 19 heavy (non-hydrogen) atoms. The second-order valence-corrected chi connectivity index (χ2v) is 5.35. The molecule has 0 amide bonds. The van der Waals surface area contributed by atoms with Crippen LogP contribution in [0.15, 0.2) is 18.2 Å². The molecule has 0 spiro atoms. The molecule has 1 aromatic carbocycles. The SMILES string of the molecule is CCNC(C)c1cc(F)ccc1OCCCC(C)C. The molecule has 1 aromatic rings. The molecule has 0 aromatic heterocycles. The molecule has 3 heteroatoms. The van der Waals surface area contributed by atoms with Gasteiger partial charge < -0.3 is 10.1 Å². The topological polar surface area (TPSA) is 21.3 Å². The fraction of sp³-hybridized carbons (Fsp3) is 0.625. The van der Waals surface area contributed by atoms with E-state index in [0.29, 0.717) is 12.5 Å². The standard InChI is InChI=1S/C16H26FNO/c1-5-18-13(4)15-11-14(17)8-9-16(15)19-10-6-7-12(2)3/h8-9,11-13,18H,5-7,10H2,1-4H3. The zero-order valence-electron chi connectivity index (χ0n) is 12.5. The molecule has 0 aliphatic rings. The van der Waals surface area contributed by atoms with E-state index >= 15 is 0 Å². The summed E-state index contributed by atoms with van der Waals surface area (Å²) < 4.78 is 19.2. The summed E-state index contributed by atoms with van der Waals surface area (Å²) in [7, 11) is 0. The molecule has 0 saturated heterocycles. The zero-order chi connectivity index (χ0) is 14.3. The Morgan fingerprint density at radius 2 is 2.00 bits per heavy atom. The van der Waals surface area contributed by atoms with Crippen molar-refractivity contribution in [2.45, 2.75) is 46.6 Å². The van der Waals surface area contributed by atoms with Gasteiger partial charge in [-0.15, -0.1) is 0 Å². The summed E-state index contributed by atoms with van der Waals surface area (Å²) in [6, 6.07) is 4.85. The van der Waals surface area contributed by atoms with Crippen LogP contribution in [0.25, 0.3) is 0 Å². The molecule has 0 heterocycles. The van der Waals surface area contributed by atoms with Gasteiger partial charge in [0.1, 0.15) is 11.6 Å². The van der Waals surface area contributed by atoms with Crippen LogP contribution in [0.5, 0.6) is 5.75 Å². The lowest BCUT2D eigenvalue weighted by Gasteiger charge is -2.18. The normalized spacial score (nSPS) is 12.7. The van der Waals surface area contributed by atoms with Gasteiger partial charge in [-0.05, 0) is 50.4 Å². The first-order valence-corrected chi connectivity index (χ1v) is 7.20. The second kappa shape index (κ2) is 8.16. The highest BCUT2D eigenvalue weighted by Gasteiger charge is 2.12. The van der Waals surface area contributed by atoms with Gasteiger partial charge in [-0.3, -0.25) is 0 Å². The number of nitrogens with one attached hydrogen (secondary N) is 1. The van der Waals surface area contributed by atoms with Crippen LogP contribution in [0.4, 0.5) is 4.39 Å². The van der Waals surface area contributed by atoms with Crippen molar-refractivity contribution in [1.29, 1.82) is 0 Å². The third-order valence-electron chi connectivity index (χ3n) is 3.13. The van der Waals surface area contributed by atoms with Gasteiger partial charge in [-0.2, -0.15) is 0 Å². The van der Waals surface area contributed by atoms with Gasteiger partial charge in [0.15, 0.2) is 0 Å². The monoisotopic (exact) mass is 267 g/mol. The molecule has 1 atom stereocenters. The van der Waals surface area contributed by atoms with E-state index in [1.165, 1.54) is 6.07 Å². The van der Waals surface area contributed by atoms with E-state index in [0.717, 1.165) is 30.7 Å². The second-order valence-electron chi connectivity index (χ2n) is 5.35. The van der Waals surface area contributed by atoms with Crippen LogP contribution in [-0.2, 0) is 0 Å². The largest absolute Gasteiger partial charge is 0.493 e. The van der Waals surface area contributed by atoms with Gasteiger partial charge in [-0.1, -0.05) is 20.8 Å². The Hall–Kier alpha value is -1.09. The van der Waals surface area contributed by atoms with Crippen LogP contribution in [-0.4, -0.2) is 13.2 Å². The van der Waals surface area contributed by atoms with Crippen LogP contribution in [0.3, 0.4) is 0 Å². The first kappa shape index (κ1) is 16.0. The third kappa shape index (κ3) is 5.60. The Balaban J connectivity index is 2.65. The van der Waals surface area contributed by atoms with E-state index in [4.69, 9.17) is 4.74 Å². The van der Waals surface area contributed by atoms with E-state index in [-0.39, 0.29) is 11.9 Å². The lowest BCUT2D eigenvalue weighted by Crippen LogP contribution is -2.19. The highest BCUT2D eigenvalue weighted by Crippen LogP contribution is 2.26. The molecule has 0 saturated carbocycles. The highest BCUT2D eigenvalue weighted by atomic mass is 19.1. The smallest absolute Gasteiger partial charge is 0.124 e. The Bertz CT molecular complexity index is 379. The molecule has 108 valence electrons. The number of rotatable bonds is 8. The van der Waals surface area contributed by atoms with E-state index in [9.17, 15) is 4.39 Å². The number of hydrogen-bond donors (Lipinski definition) is 1. The van der Waals surface area contributed by atoms with E-state index in [1.54, 1.807) is 12.1 Å². The molecule has 1 rings (SSSR count). The van der Waals surface area contributed by atoms with Crippen LogP contribution in [0, 0.1) is 11.7 Å². The Morgan fingerprint density at radius 1 is 1.26 bits per heavy atom. The van der Waals surface area contributed by atoms with Crippen LogP contribution < -0.4 is 10.1 Å². The predicted molar refractivity (Wildman–Crippen MR) is 78.1 cm³/mol. The predicted octanol–water partition coefficient (Wildman–Crippen LogP) is 4.31. The quantitative estimate of drug-likeness (QED) is 0.709. The van der Waals surface area contributed by atoms with Crippen molar-refractivity contribution in [2.75, 3.05) is 13.2 Å². The van der Waals surface area contributed by atoms with Crippen LogP contribution in [0.2, 0.25) is 0 Å². The Labute approximate surface area is 116 Å². The summed E-state index contributed by atoms with van der Waals surface area (Å²) in [6.45, 7) is 10.0. The van der Waals surface area contributed by atoms with Gasteiger partial charge in [0, 0.05) is 11.6 Å². The first-order chi connectivity index (χ1) is 9.04. The average molecular weight is 267 g/mol. The number of benzene rings is 1. The molecule has 0 radical (unpaired) electrons. The van der Waals surface area contributed by atoms with Crippen molar-refractivity contribution in [2.24, 2.45) is 5.92 Å². The minimum absolute atomic E-state index is 0.0980. The fourth-order valence-electron chi connectivity index (χ4n) is 2.08. The van der Waals surface area contributed by atoms with E-state index < -0.39 is 0 Å². The molecule has 1 unspecified atom stereocenters. The van der Waals surface area contributed by atoms with Gasteiger partial charge in [0.25, 0.3) is 0 Å². The Morgan fingerprint density at radius 3 is 2.63 bits per heavy atom. The van der Waals surface area contributed by atoms with Gasteiger partial charge in [0.2, 0.25) is 0 Å². The molecular weight excluding hydrogens is 241 g/mol. The Kier molecular flexibility index (Phi) is 6.85. The van der Waals surface area contributed by atoms with Crippen molar-refractivity contribution < 1.29 is 9.13 Å². The number of ether oxygens (including phenoxy) is 1. The number of hydrogen-bond acceptors (Lipinski definition) is 2. The maximum absolute atomic E-state index is 13.4. The third-order valence-corrected chi connectivity index (χ3v) is 3.13. The van der Waals surface area contributed by atoms with Crippen molar-refractivity contribution >= 4 is 0 Å². The van der Waals surface area contributed by atoms with E-state index in [2.05, 4.69) is 19.2 Å².